The van der Waals surface area contributed by atoms with Crippen LogP contribution in [0.5, 0.6) is 11.5 Å². The molecule has 4 aliphatic heterocycles. The molecule has 2 aromatic rings. The summed E-state index contributed by atoms with van der Waals surface area (Å²) in [6.07, 6.45) is 4.24. The summed E-state index contributed by atoms with van der Waals surface area (Å²) >= 11 is 0. The van der Waals surface area contributed by atoms with Crippen LogP contribution in [0.25, 0.3) is 0 Å². The summed E-state index contributed by atoms with van der Waals surface area (Å²) in [5.74, 6) is 1.77. The molecule has 0 aromatic heterocycles. The minimum Gasteiger partial charge on any atom is -0.457 e. The Morgan fingerprint density at radius 1 is 0.667 bits per heavy atom. The summed E-state index contributed by atoms with van der Waals surface area (Å²) in [4.78, 5) is 0. The van der Waals surface area contributed by atoms with E-state index in [1.54, 1.807) is 0 Å². The van der Waals surface area contributed by atoms with Gasteiger partial charge in [0.15, 0.2) is 0 Å². The molecule has 2 aromatic carbocycles. The molecule has 6 heteroatoms. The largest absolute Gasteiger partial charge is 0.457 e. The molecule has 4 unspecified atom stereocenters. The number of para-hydroxylation sites is 1. The summed E-state index contributed by atoms with van der Waals surface area (Å²) in [6, 6.07) is 9.99. The highest BCUT2D eigenvalue weighted by atomic mass is 16.6. The van der Waals surface area contributed by atoms with Crippen LogP contribution in [0.1, 0.15) is 22.3 Å². The third-order valence-corrected chi connectivity index (χ3v) is 6.23. The minimum absolute atomic E-state index is 0.240. The molecule has 4 saturated heterocycles. The number of hydrogen-bond acceptors (Lipinski definition) is 6. The van der Waals surface area contributed by atoms with Gasteiger partial charge in [-0.1, -0.05) is 18.2 Å². The molecule has 6 nitrogen and oxygen atoms in total. The lowest BCUT2D eigenvalue weighted by molar-refractivity contribution is 0.390. The molecular formula is C24H27NO5. The molecule has 30 heavy (non-hydrogen) atoms. The Hall–Kier alpha value is -2.12. The first kappa shape index (κ1) is 18.6. The van der Waals surface area contributed by atoms with Crippen molar-refractivity contribution in [1.29, 1.82) is 0 Å². The van der Waals surface area contributed by atoms with Crippen LogP contribution < -0.4 is 10.5 Å². The Kier molecular flexibility index (Phi) is 4.68. The Labute approximate surface area is 176 Å². The van der Waals surface area contributed by atoms with Gasteiger partial charge in [-0.15, -0.1) is 0 Å². The zero-order valence-corrected chi connectivity index (χ0v) is 17.0. The van der Waals surface area contributed by atoms with Gasteiger partial charge in [0.1, 0.15) is 11.5 Å². The van der Waals surface area contributed by atoms with E-state index in [4.69, 9.17) is 29.4 Å². The predicted molar refractivity (Wildman–Crippen MR) is 111 cm³/mol. The van der Waals surface area contributed by atoms with Crippen LogP contribution in [0.2, 0.25) is 0 Å². The van der Waals surface area contributed by atoms with E-state index >= 15 is 0 Å². The van der Waals surface area contributed by atoms with Crippen molar-refractivity contribution in [3.05, 3.63) is 52.6 Å². The number of benzene rings is 2. The van der Waals surface area contributed by atoms with Crippen LogP contribution in [-0.2, 0) is 44.6 Å². The van der Waals surface area contributed by atoms with Crippen LogP contribution in [0.15, 0.2) is 30.3 Å². The maximum Gasteiger partial charge on any atom is 0.134 e. The smallest absolute Gasteiger partial charge is 0.134 e. The summed E-state index contributed by atoms with van der Waals surface area (Å²) in [7, 11) is 0. The SMILES string of the molecule is Nc1c(CC2CO2)c(CC2CO2)c(Oc2ccccc2)c(CC2CO2)c1CC1CO1. The molecule has 4 atom stereocenters. The van der Waals surface area contributed by atoms with E-state index < -0.39 is 0 Å². The van der Waals surface area contributed by atoms with Crippen molar-refractivity contribution >= 4 is 5.69 Å². The second kappa shape index (κ2) is 7.54. The molecule has 0 aliphatic carbocycles. The van der Waals surface area contributed by atoms with Crippen LogP contribution in [0, 0.1) is 0 Å². The van der Waals surface area contributed by atoms with Crippen molar-refractivity contribution in [2.75, 3.05) is 32.2 Å². The number of rotatable bonds is 10. The van der Waals surface area contributed by atoms with Crippen molar-refractivity contribution in [2.45, 2.75) is 50.1 Å². The quantitative estimate of drug-likeness (QED) is 0.480. The molecule has 158 valence electrons. The number of nitrogen functional groups attached to an aromatic ring is 1. The van der Waals surface area contributed by atoms with E-state index in [-0.39, 0.29) is 24.4 Å². The number of epoxide rings is 4. The molecular weight excluding hydrogens is 382 g/mol. The van der Waals surface area contributed by atoms with Crippen molar-refractivity contribution < 1.29 is 23.7 Å². The van der Waals surface area contributed by atoms with Gasteiger partial charge in [0.2, 0.25) is 0 Å². The zero-order chi connectivity index (χ0) is 20.1. The van der Waals surface area contributed by atoms with E-state index in [0.717, 1.165) is 80.4 Å². The maximum absolute atomic E-state index is 6.84. The molecule has 4 fully saturated rings. The molecule has 0 bridgehead atoms. The lowest BCUT2D eigenvalue weighted by Crippen LogP contribution is -2.16. The lowest BCUT2D eigenvalue weighted by Gasteiger charge is -2.24. The lowest BCUT2D eigenvalue weighted by atomic mass is 9.86. The van der Waals surface area contributed by atoms with Gasteiger partial charge >= 0.3 is 0 Å². The monoisotopic (exact) mass is 409 g/mol. The first-order valence-corrected chi connectivity index (χ1v) is 10.9. The van der Waals surface area contributed by atoms with Crippen LogP contribution in [-0.4, -0.2) is 50.8 Å². The standard InChI is InChI=1S/C24H27NO5/c25-23-19(6-15-10-26-15)21(8-17-12-28-17)24(30-14-4-2-1-3-5-14)22(9-18-13-29-18)20(23)7-16-11-27-16/h1-5,15-18H,6-13,25H2. The van der Waals surface area contributed by atoms with Crippen LogP contribution in [0.4, 0.5) is 5.69 Å². The van der Waals surface area contributed by atoms with Gasteiger partial charge in [-0.2, -0.15) is 0 Å². The Morgan fingerprint density at radius 2 is 1.07 bits per heavy atom. The van der Waals surface area contributed by atoms with E-state index in [1.165, 1.54) is 11.1 Å². The van der Waals surface area contributed by atoms with E-state index in [0.29, 0.717) is 0 Å². The number of nitrogens with two attached hydrogens (primary N) is 1. The van der Waals surface area contributed by atoms with Crippen molar-refractivity contribution in [1.82, 2.24) is 0 Å². The third kappa shape index (κ3) is 4.18. The first-order valence-electron chi connectivity index (χ1n) is 10.9. The highest BCUT2D eigenvalue weighted by molar-refractivity contribution is 5.68. The van der Waals surface area contributed by atoms with Gasteiger partial charge in [0.25, 0.3) is 0 Å². The molecule has 0 amide bonds. The Morgan fingerprint density at radius 3 is 1.47 bits per heavy atom. The van der Waals surface area contributed by atoms with Gasteiger partial charge in [0.05, 0.1) is 50.8 Å². The van der Waals surface area contributed by atoms with Gasteiger partial charge in [0, 0.05) is 42.5 Å². The second-order valence-electron chi connectivity index (χ2n) is 8.71. The fraction of sp³-hybridized carbons (Fsp3) is 0.500. The molecule has 0 radical (unpaired) electrons. The predicted octanol–water partition coefficient (Wildman–Crippen LogP) is 2.83. The second-order valence-corrected chi connectivity index (χ2v) is 8.71. The summed E-state index contributed by atoms with van der Waals surface area (Å²) in [5, 5.41) is 0. The maximum atomic E-state index is 6.84. The number of anilines is 1. The van der Waals surface area contributed by atoms with E-state index in [9.17, 15) is 0 Å². The average molecular weight is 409 g/mol. The molecule has 0 spiro atoms. The number of hydrogen-bond donors (Lipinski definition) is 1. The van der Waals surface area contributed by atoms with Gasteiger partial charge in [-0.3, -0.25) is 0 Å². The Balaban J connectivity index is 1.50. The van der Waals surface area contributed by atoms with E-state index in [2.05, 4.69) is 0 Å². The van der Waals surface area contributed by atoms with Crippen molar-refractivity contribution in [2.24, 2.45) is 0 Å². The fourth-order valence-corrected chi connectivity index (χ4v) is 4.25. The van der Waals surface area contributed by atoms with Gasteiger partial charge in [-0.25, -0.2) is 0 Å². The summed E-state index contributed by atoms with van der Waals surface area (Å²) < 4.78 is 28.9. The summed E-state index contributed by atoms with van der Waals surface area (Å²) in [5.41, 5.74) is 12.4. The highest BCUT2D eigenvalue weighted by Gasteiger charge is 2.37. The van der Waals surface area contributed by atoms with E-state index in [1.807, 2.05) is 30.3 Å². The molecule has 6 rings (SSSR count). The highest BCUT2D eigenvalue weighted by Crippen LogP contribution is 2.44. The normalized spacial score (nSPS) is 28.3. The molecule has 0 saturated carbocycles. The molecule has 4 aliphatic rings. The van der Waals surface area contributed by atoms with Gasteiger partial charge in [-0.05, 0) is 23.3 Å². The van der Waals surface area contributed by atoms with Crippen molar-refractivity contribution in [3.8, 4) is 11.5 Å². The topological polar surface area (TPSA) is 85.4 Å². The van der Waals surface area contributed by atoms with Crippen LogP contribution in [0.3, 0.4) is 0 Å². The molecule has 4 heterocycles. The zero-order valence-electron chi connectivity index (χ0n) is 17.0. The van der Waals surface area contributed by atoms with Crippen molar-refractivity contribution in [3.63, 3.8) is 0 Å². The summed E-state index contributed by atoms with van der Waals surface area (Å²) in [6.45, 7) is 3.18. The molecule has 2 N–H and O–H groups in total. The Bertz CT molecular complexity index is 877. The minimum atomic E-state index is 0.240. The average Bonchev–Trinajstić information content (AvgIpc) is 3.59. The van der Waals surface area contributed by atoms with Gasteiger partial charge < -0.3 is 29.4 Å². The fourth-order valence-electron chi connectivity index (χ4n) is 4.25. The first-order chi connectivity index (χ1) is 14.7. The third-order valence-electron chi connectivity index (χ3n) is 6.23. The van der Waals surface area contributed by atoms with Crippen LogP contribution >= 0.6 is 0 Å². The number of ether oxygens (including phenoxy) is 5.